The zero-order chi connectivity index (χ0) is 10.4. The monoisotopic (exact) mass is 188 g/mol. The molecule has 2 N–H and O–H groups in total. The molecule has 1 unspecified atom stereocenters. The Morgan fingerprint density at radius 2 is 2.00 bits per heavy atom. The molecule has 0 aliphatic carbocycles. The van der Waals surface area contributed by atoms with Crippen molar-refractivity contribution in [2.45, 2.75) is 25.7 Å². The van der Waals surface area contributed by atoms with E-state index >= 15 is 0 Å². The molecule has 1 aromatic carbocycles. The highest BCUT2D eigenvalue weighted by atomic mass is 14.5. The molecule has 0 aliphatic rings. The third-order valence-corrected chi connectivity index (χ3v) is 2.45. The molecule has 0 saturated heterocycles. The Morgan fingerprint density at radius 1 is 1.36 bits per heavy atom. The SMILES string of the molecule is CC(CCCN)c1ccc(C#N)cc1. The molecule has 1 atom stereocenters. The number of nitriles is 1. The first kappa shape index (κ1) is 10.7. The predicted molar refractivity (Wildman–Crippen MR) is 57.9 cm³/mol. The summed E-state index contributed by atoms with van der Waals surface area (Å²) in [5.74, 6) is 0.534. The first-order valence-electron chi connectivity index (χ1n) is 4.98. The van der Waals surface area contributed by atoms with E-state index in [2.05, 4.69) is 13.0 Å². The van der Waals surface area contributed by atoms with E-state index in [9.17, 15) is 0 Å². The van der Waals surface area contributed by atoms with Gasteiger partial charge in [-0.2, -0.15) is 5.26 Å². The summed E-state index contributed by atoms with van der Waals surface area (Å²) in [5.41, 5.74) is 7.47. The smallest absolute Gasteiger partial charge is 0.0991 e. The molecule has 0 aliphatic heterocycles. The van der Waals surface area contributed by atoms with Crippen molar-refractivity contribution in [1.82, 2.24) is 0 Å². The molecule has 74 valence electrons. The number of hydrogen-bond donors (Lipinski definition) is 1. The second-order valence-electron chi connectivity index (χ2n) is 3.57. The van der Waals surface area contributed by atoms with Crippen molar-refractivity contribution in [3.8, 4) is 6.07 Å². The number of nitrogens with two attached hydrogens (primary N) is 1. The van der Waals surface area contributed by atoms with Gasteiger partial charge >= 0.3 is 0 Å². The molecule has 0 radical (unpaired) electrons. The Labute approximate surface area is 85.4 Å². The van der Waals surface area contributed by atoms with Gasteiger partial charge in [-0.05, 0) is 43.0 Å². The standard InChI is InChI=1S/C12H16N2/c1-10(3-2-8-13)12-6-4-11(9-14)5-7-12/h4-7,10H,2-3,8,13H2,1H3. The Hall–Kier alpha value is -1.33. The van der Waals surface area contributed by atoms with Crippen LogP contribution >= 0.6 is 0 Å². The van der Waals surface area contributed by atoms with Gasteiger partial charge in [0.15, 0.2) is 0 Å². The summed E-state index contributed by atoms with van der Waals surface area (Å²) in [6.07, 6.45) is 2.17. The summed E-state index contributed by atoms with van der Waals surface area (Å²) in [4.78, 5) is 0. The van der Waals surface area contributed by atoms with Crippen molar-refractivity contribution in [3.05, 3.63) is 35.4 Å². The summed E-state index contributed by atoms with van der Waals surface area (Å²) in [5, 5.41) is 8.64. The van der Waals surface area contributed by atoms with Gasteiger partial charge in [-0.15, -0.1) is 0 Å². The van der Waals surface area contributed by atoms with Crippen LogP contribution in [0.25, 0.3) is 0 Å². The average Bonchev–Trinajstić information content (AvgIpc) is 2.26. The van der Waals surface area contributed by atoms with Crippen molar-refractivity contribution < 1.29 is 0 Å². The van der Waals surface area contributed by atoms with Crippen molar-refractivity contribution in [2.24, 2.45) is 5.73 Å². The first-order valence-corrected chi connectivity index (χ1v) is 4.98. The fourth-order valence-electron chi connectivity index (χ4n) is 1.48. The lowest BCUT2D eigenvalue weighted by atomic mass is 9.95. The lowest BCUT2D eigenvalue weighted by Gasteiger charge is -2.10. The molecule has 0 aromatic heterocycles. The number of nitrogens with zero attached hydrogens (tertiary/aromatic N) is 1. The van der Waals surface area contributed by atoms with Gasteiger partial charge in [0.05, 0.1) is 11.6 Å². The highest BCUT2D eigenvalue weighted by Gasteiger charge is 2.04. The van der Waals surface area contributed by atoms with Gasteiger partial charge in [0, 0.05) is 0 Å². The molecule has 0 heterocycles. The first-order chi connectivity index (χ1) is 6.77. The van der Waals surface area contributed by atoms with Crippen LogP contribution in [0.15, 0.2) is 24.3 Å². The van der Waals surface area contributed by atoms with Crippen LogP contribution in [0.1, 0.15) is 36.8 Å². The number of rotatable bonds is 4. The van der Waals surface area contributed by atoms with Gasteiger partial charge in [0.2, 0.25) is 0 Å². The minimum atomic E-state index is 0.534. The zero-order valence-electron chi connectivity index (χ0n) is 8.53. The van der Waals surface area contributed by atoms with E-state index in [-0.39, 0.29) is 0 Å². The van der Waals surface area contributed by atoms with Crippen LogP contribution < -0.4 is 5.73 Å². The molecule has 0 fully saturated rings. The highest BCUT2D eigenvalue weighted by Crippen LogP contribution is 2.20. The van der Waals surface area contributed by atoms with Crippen LogP contribution in [0.4, 0.5) is 0 Å². The number of benzene rings is 1. The van der Waals surface area contributed by atoms with Crippen LogP contribution in [-0.2, 0) is 0 Å². The summed E-state index contributed by atoms with van der Waals surface area (Å²) in [6.45, 7) is 2.94. The van der Waals surface area contributed by atoms with E-state index in [0.717, 1.165) is 24.9 Å². The van der Waals surface area contributed by atoms with E-state index in [1.54, 1.807) is 0 Å². The molecule has 1 rings (SSSR count). The van der Waals surface area contributed by atoms with Gasteiger partial charge in [0.1, 0.15) is 0 Å². The number of hydrogen-bond acceptors (Lipinski definition) is 2. The van der Waals surface area contributed by atoms with Crippen molar-refractivity contribution >= 4 is 0 Å². The Balaban J connectivity index is 2.63. The summed E-state index contributed by atoms with van der Waals surface area (Å²) in [6, 6.07) is 9.91. The topological polar surface area (TPSA) is 49.8 Å². The van der Waals surface area contributed by atoms with Gasteiger partial charge in [-0.25, -0.2) is 0 Å². The minimum absolute atomic E-state index is 0.534. The second-order valence-corrected chi connectivity index (χ2v) is 3.57. The molecular formula is C12H16N2. The molecule has 2 heteroatoms. The largest absolute Gasteiger partial charge is 0.330 e. The maximum absolute atomic E-state index is 8.64. The summed E-state index contributed by atoms with van der Waals surface area (Å²) >= 11 is 0. The van der Waals surface area contributed by atoms with E-state index in [1.807, 2.05) is 24.3 Å². The fourth-order valence-corrected chi connectivity index (χ4v) is 1.48. The maximum atomic E-state index is 8.64. The summed E-state index contributed by atoms with van der Waals surface area (Å²) in [7, 11) is 0. The van der Waals surface area contributed by atoms with Crippen molar-refractivity contribution in [2.75, 3.05) is 6.54 Å². The van der Waals surface area contributed by atoms with Gasteiger partial charge in [-0.3, -0.25) is 0 Å². The molecule has 1 aromatic rings. The van der Waals surface area contributed by atoms with Gasteiger partial charge in [-0.1, -0.05) is 19.1 Å². The summed E-state index contributed by atoms with van der Waals surface area (Å²) < 4.78 is 0. The van der Waals surface area contributed by atoms with Crippen LogP contribution in [0.5, 0.6) is 0 Å². The molecule has 2 nitrogen and oxygen atoms in total. The Kier molecular flexibility index (Phi) is 4.15. The second kappa shape index (κ2) is 5.41. The average molecular weight is 188 g/mol. The van der Waals surface area contributed by atoms with Crippen LogP contribution in [0.2, 0.25) is 0 Å². The Bertz CT molecular complexity index is 308. The molecule has 0 spiro atoms. The molecule has 0 saturated carbocycles. The molecule has 14 heavy (non-hydrogen) atoms. The minimum Gasteiger partial charge on any atom is -0.330 e. The zero-order valence-corrected chi connectivity index (χ0v) is 8.53. The third kappa shape index (κ3) is 2.86. The maximum Gasteiger partial charge on any atom is 0.0991 e. The van der Waals surface area contributed by atoms with Crippen LogP contribution in [0, 0.1) is 11.3 Å². The third-order valence-electron chi connectivity index (χ3n) is 2.45. The molecule has 0 bridgehead atoms. The lowest BCUT2D eigenvalue weighted by Crippen LogP contribution is -2.01. The quantitative estimate of drug-likeness (QED) is 0.788. The lowest BCUT2D eigenvalue weighted by molar-refractivity contribution is 0.641. The van der Waals surface area contributed by atoms with E-state index in [0.29, 0.717) is 5.92 Å². The van der Waals surface area contributed by atoms with E-state index in [4.69, 9.17) is 11.0 Å². The van der Waals surface area contributed by atoms with Gasteiger partial charge < -0.3 is 5.73 Å². The Morgan fingerprint density at radius 3 is 2.50 bits per heavy atom. The predicted octanol–water partition coefficient (Wildman–Crippen LogP) is 2.40. The van der Waals surface area contributed by atoms with Crippen molar-refractivity contribution in [1.29, 1.82) is 5.26 Å². The fraction of sp³-hybridized carbons (Fsp3) is 0.417. The van der Waals surface area contributed by atoms with Crippen LogP contribution in [0.3, 0.4) is 0 Å². The van der Waals surface area contributed by atoms with Crippen molar-refractivity contribution in [3.63, 3.8) is 0 Å². The van der Waals surface area contributed by atoms with E-state index < -0.39 is 0 Å². The molecule has 0 amide bonds. The van der Waals surface area contributed by atoms with Crippen LogP contribution in [-0.4, -0.2) is 6.54 Å². The molecular weight excluding hydrogens is 172 g/mol. The van der Waals surface area contributed by atoms with E-state index in [1.165, 1.54) is 5.56 Å². The normalized spacial score (nSPS) is 12.1. The van der Waals surface area contributed by atoms with Gasteiger partial charge in [0.25, 0.3) is 0 Å². The highest BCUT2D eigenvalue weighted by molar-refractivity contribution is 5.32.